The van der Waals surface area contributed by atoms with E-state index in [-0.39, 0.29) is 29.6 Å². The Hall–Kier alpha value is -4.00. The number of rotatable bonds is 6. The predicted molar refractivity (Wildman–Crippen MR) is 133 cm³/mol. The number of aromatic nitrogens is 1. The van der Waals surface area contributed by atoms with E-state index in [9.17, 15) is 14.4 Å². The molecule has 35 heavy (non-hydrogen) atoms. The van der Waals surface area contributed by atoms with Gasteiger partial charge in [0.25, 0.3) is 5.91 Å². The zero-order valence-corrected chi connectivity index (χ0v) is 19.4. The number of piperidine rings is 1. The van der Waals surface area contributed by atoms with Crippen LogP contribution in [-0.2, 0) is 22.6 Å². The third kappa shape index (κ3) is 5.09. The van der Waals surface area contributed by atoms with Gasteiger partial charge < -0.3 is 15.5 Å². The van der Waals surface area contributed by atoms with E-state index >= 15 is 0 Å². The van der Waals surface area contributed by atoms with Gasteiger partial charge in [0.05, 0.1) is 12.3 Å². The molecule has 2 N–H and O–H groups in total. The van der Waals surface area contributed by atoms with Crippen molar-refractivity contribution in [2.75, 3.05) is 18.4 Å². The molecule has 5 rings (SSSR count). The Labute approximate surface area is 204 Å². The summed E-state index contributed by atoms with van der Waals surface area (Å²) in [5.74, 6) is -0.260. The summed E-state index contributed by atoms with van der Waals surface area (Å²) in [5.41, 5.74) is 4.11. The van der Waals surface area contributed by atoms with Crippen molar-refractivity contribution in [2.45, 2.75) is 31.7 Å². The highest BCUT2D eigenvalue weighted by atomic mass is 16.2. The van der Waals surface area contributed by atoms with Crippen LogP contribution in [0.3, 0.4) is 0 Å². The first-order chi connectivity index (χ1) is 17.1. The molecule has 178 valence electrons. The molecule has 0 radical (unpaired) electrons. The monoisotopic (exact) mass is 468 g/mol. The number of amides is 3. The summed E-state index contributed by atoms with van der Waals surface area (Å²) >= 11 is 0. The molecule has 0 spiro atoms. The Bertz CT molecular complexity index is 1220. The molecule has 0 unspecified atom stereocenters. The largest absolute Gasteiger partial charge is 0.348 e. The smallest absolute Gasteiger partial charge is 0.251 e. The number of nitrogens with zero attached hydrogens (tertiary/aromatic N) is 2. The standard InChI is InChI=1S/C28H28N4O3/c33-25(15-19-5-2-1-3-6-19)32-13-10-21(11-14-32)26-23-16-22(8-9-24(23)31-28(26)35)27(34)30-18-20-7-4-12-29-17-20/h1-9,12,16-17,21,26H,10-11,13-15,18H2,(H,30,34)(H,31,35)/t26-/m1/s1. The van der Waals surface area contributed by atoms with Crippen LogP contribution in [0.15, 0.2) is 73.1 Å². The summed E-state index contributed by atoms with van der Waals surface area (Å²) in [6.45, 7) is 1.67. The van der Waals surface area contributed by atoms with Gasteiger partial charge in [-0.3, -0.25) is 19.4 Å². The topological polar surface area (TPSA) is 91.4 Å². The minimum Gasteiger partial charge on any atom is -0.348 e. The maximum absolute atomic E-state index is 12.9. The van der Waals surface area contributed by atoms with Gasteiger partial charge in [0, 0.05) is 43.3 Å². The third-order valence-corrected chi connectivity index (χ3v) is 6.93. The number of fused-ring (bicyclic) bond motifs is 1. The van der Waals surface area contributed by atoms with Crippen molar-refractivity contribution < 1.29 is 14.4 Å². The molecule has 0 saturated carbocycles. The van der Waals surface area contributed by atoms with Gasteiger partial charge in [-0.2, -0.15) is 0 Å². The van der Waals surface area contributed by atoms with Gasteiger partial charge in [-0.25, -0.2) is 0 Å². The average Bonchev–Trinajstić information content (AvgIpc) is 3.23. The average molecular weight is 469 g/mol. The maximum Gasteiger partial charge on any atom is 0.251 e. The Morgan fingerprint density at radius 3 is 2.51 bits per heavy atom. The zero-order chi connectivity index (χ0) is 24.2. The summed E-state index contributed by atoms with van der Waals surface area (Å²) in [5, 5.41) is 5.90. The van der Waals surface area contributed by atoms with Gasteiger partial charge in [0.15, 0.2) is 0 Å². The molecule has 7 nitrogen and oxygen atoms in total. The summed E-state index contributed by atoms with van der Waals surface area (Å²) in [6, 6.07) is 18.9. The number of hydrogen-bond acceptors (Lipinski definition) is 4. The fourth-order valence-corrected chi connectivity index (χ4v) is 5.05. The van der Waals surface area contributed by atoms with E-state index in [1.165, 1.54) is 0 Å². The van der Waals surface area contributed by atoms with E-state index in [2.05, 4.69) is 15.6 Å². The van der Waals surface area contributed by atoms with Crippen molar-refractivity contribution in [1.82, 2.24) is 15.2 Å². The zero-order valence-electron chi connectivity index (χ0n) is 19.4. The fraction of sp³-hybridized carbons (Fsp3) is 0.286. The lowest BCUT2D eigenvalue weighted by Gasteiger charge is -2.34. The summed E-state index contributed by atoms with van der Waals surface area (Å²) in [6.07, 6.45) is 5.33. The maximum atomic E-state index is 12.9. The van der Waals surface area contributed by atoms with Gasteiger partial charge in [-0.1, -0.05) is 36.4 Å². The quantitative estimate of drug-likeness (QED) is 0.579. The van der Waals surface area contributed by atoms with E-state index in [0.717, 1.165) is 35.2 Å². The van der Waals surface area contributed by atoms with Crippen LogP contribution in [0.25, 0.3) is 0 Å². The fourth-order valence-electron chi connectivity index (χ4n) is 5.05. The molecule has 2 aromatic carbocycles. The van der Waals surface area contributed by atoms with E-state index in [0.29, 0.717) is 31.6 Å². The Morgan fingerprint density at radius 1 is 1.00 bits per heavy atom. The first-order valence-electron chi connectivity index (χ1n) is 12.0. The van der Waals surface area contributed by atoms with E-state index in [4.69, 9.17) is 0 Å². The molecular weight excluding hydrogens is 440 g/mol. The molecule has 1 fully saturated rings. The molecule has 1 saturated heterocycles. The molecule has 2 aliphatic heterocycles. The SMILES string of the molecule is O=C(NCc1cccnc1)c1ccc2c(c1)[C@@H](C1CCN(C(=O)Cc3ccccc3)CC1)C(=O)N2. The van der Waals surface area contributed by atoms with Crippen molar-refractivity contribution in [3.63, 3.8) is 0 Å². The van der Waals surface area contributed by atoms with Gasteiger partial charge in [-0.15, -0.1) is 0 Å². The van der Waals surface area contributed by atoms with Crippen molar-refractivity contribution in [1.29, 1.82) is 0 Å². The number of carbonyl (C=O) groups is 3. The van der Waals surface area contributed by atoms with Gasteiger partial charge in [-0.05, 0) is 59.7 Å². The van der Waals surface area contributed by atoms with Crippen molar-refractivity contribution in [2.24, 2.45) is 5.92 Å². The van der Waals surface area contributed by atoms with Crippen LogP contribution in [0.5, 0.6) is 0 Å². The van der Waals surface area contributed by atoms with Crippen LogP contribution >= 0.6 is 0 Å². The summed E-state index contributed by atoms with van der Waals surface area (Å²) < 4.78 is 0. The highest BCUT2D eigenvalue weighted by Crippen LogP contribution is 2.41. The predicted octanol–water partition coefficient (Wildman–Crippen LogP) is 3.53. The van der Waals surface area contributed by atoms with Crippen LogP contribution in [-0.4, -0.2) is 40.7 Å². The molecule has 1 aromatic heterocycles. The lowest BCUT2D eigenvalue weighted by molar-refractivity contribution is -0.132. The van der Waals surface area contributed by atoms with Crippen LogP contribution in [0.2, 0.25) is 0 Å². The molecule has 2 aliphatic rings. The summed E-state index contributed by atoms with van der Waals surface area (Å²) in [4.78, 5) is 44.4. The van der Waals surface area contributed by atoms with Gasteiger partial charge in [0.1, 0.15) is 0 Å². The minimum atomic E-state index is -0.303. The first-order valence-corrected chi connectivity index (χ1v) is 12.0. The van der Waals surface area contributed by atoms with Crippen molar-refractivity contribution >= 4 is 23.4 Å². The lowest BCUT2D eigenvalue weighted by Crippen LogP contribution is -2.41. The highest BCUT2D eigenvalue weighted by Gasteiger charge is 2.39. The molecule has 0 aliphatic carbocycles. The van der Waals surface area contributed by atoms with Gasteiger partial charge in [0.2, 0.25) is 11.8 Å². The summed E-state index contributed by atoms with van der Waals surface area (Å²) in [7, 11) is 0. The second kappa shape index (κ2) is 10.1. The van der Waals surface area contributed by atoms with Crippen LogP contribution in [0, 0.1) is 5.92 Å². The lowest BCUT2D eigenvalue weighted by atomic mass is 9.80. The number of nitrogens with one attached hydrogen (secondary N) is 2. The molecule has 0 bridgehead atoms. The Morgan fingerprint density at radius 2 is 1.77 bits per heavy atom. The molecular formula is C28H28N4O3. The molecule has 7 heteroatoms. The molecule has 3 heterocycles. The van der Waals surface area contributed by atoms with Crippen molar-refractivity contribution in [3.8, 4) is 0 Å². The van der Waals surface area contributed by atoms with Crippen LogP contribution in [0.4, 0.5) is 5.69 Å². The number of hydrogen-bond donors (Lipinski definition) is 2. The molecule has 3 aromatic rings. The number of benzene rings is 2. The third-order valence-electron chi connectivity index (χ3n) is 6.93. The first kappa shape index (κ1) is 22.8. The minimum absolute atomic E-state index is 0.0259. The normalized spacial score (nSPS) is 17.5. The molecule has 3 amide bonds. The van der Waals surface area contributed by atoms with Crippen molar-refractivity contribution in [3.05, 3.63) is 95.3 Å². The second-order valence-corrected chi connectivity index (χ2v) is 9.19. The highest BCUT2D eigenvalue weighted by molar-refractivity contribution is 6.04. The molecule has 1 atom stereocenters. The van der Waals surface area contributed by atoms with E-state index < -0.39 is 0 Å². The number of pyridine rings is 1. The second-order valence-electron chi connectivity index (χ2n) is 9.19. The van der Waals surface area contributed by atoms with E-state index in [1.807, 2.05) is 59.5 Å². The number of carbonyl (C=O) groups excluding carboxylic acids is 3. The number of anilines is 1. The van der Waals surface area contributed by atoms with Crippen LogP contribution in [0.1, 0.15) is 45.8 Å². The Kier molecular flexibility index (Phi) is 6.57. The Balaban J connectivity index is 1.23. The number of likely N-dealkylation sites (tertiary alicyclic amines) is 1. The van der Waals surface area contributed by atoms with Crippen LogP contribution < -0.4 is 10.6 Å². The van der Waals surface area contributed by atoms with E-state index in [1.54, 1.807) is 18.5 Å². The van der Waals surface area contributed by atoms with Gasteiger partial charge >= 0.3 is 0 Å².